The molecule has 1 aliphatic rings. The van der Waals surface area contributed by atoms with Gasteiger partial charge in [0.05, 0.1) is 12.6 Å². The lowest BCUT2D eigenvalue weighted by molar-refractivity contribution is -0.207. The van der Waals surface area contributed by atoms with Crippen molar-refractivity contribution in [1.29, 1.82) is 0 Å². The molecule has 1 aromatic carbocycles. The fourth-order valence-corrected chi connectivity index (χ4v) is 3.29. The number of aromatic nitrogens is 5. The molecule has 0 bridgehead atoms. The second-order valence-electron chi connectivity index (χ2n) is 6.86. The predicted molar refractivity (Wildman–Crippen MR) is 96.0 cm³/mol. The molecular formula is C19H16F3N5O2. The zero-order valence-electron chi connectivity index (χ0n) is 15.2. The fraction of sp³-hybridized carbons (Fsp3) is 0.263. The van der Waals surface area contributed by atoms with Crippen LogP contribution in [0.5, 0.6) is 0 Å². The number of aliphatic hydroxyl groups is 2. The molecular weight excluding hydrogens is 387 g/mol. The Morgan fingerprint density at radius 3 is 2.76 bits per heavy atom. The fourth-order valence-electron chi connectivity index (χ4n) is 3.29. The lowest BCUT2D eigenvalue weighted by Crippen LogP contribution is -2.49. The van der Waals surface area contributed by atoms with E-state index >= 15 is 8.78 Å². The van der Waals surface area contributed by atoms with Crippen molar-refractivity contribution in [1.82, 2.24) is 25.2 Å². The van der Waals surface area contributed by atoms with Gasteiger partial charge in [-0.25, -0.2) is 9.07 Å². The maximum atomic E-state index is 15.5. The number of rotatable bonds is 4. The van der Waals surface area contributed by atoms with Gasteiger partial charge in [0.15, 0.2) is 11.4 Å². The van der Waals surface area contributed by atoms with Gasteiger partial charge < -0.3 is 10.2 Å². The number of tetrazole rings is 1. The van der Waals surface area contributed by atoms with Crippen molar-refractivity contribution >= 4 is 6.08 Å². The molecule has 1 aliphatic heterocycles. The summed E-state index contributed by atoms with van der Waals surface area (Å²) in [5.41, 5.74) is -3.11. The lowest BCUT2D eigenvalue weighted by Gasteiger charge is -2.39. The number of benzene rings is 1. The number of hydrogen-bond acceptors (Lipinski definition) is 6. The molecule has 29 heavy (non-hydrogen) atoms. The maximum absolute atomic E-state index is 15.5. The molecule has 0 fully saturated rings. The van der Waals surface area contributed by atoms with Gasteiger partial charge in [-0.3, -0.25) is 4.98 Å². The average Bonchev–Trinajstić information content (AvgIpc) is 3.15. The second kappa shape index (κ2) is 6.75. The van der Waals surface area contributed by atoms with Crippen LogP contribution in [0, 0.1) is 5.82 Å². The molecule has 10 heteroatoms. The van der Waals surface area contributed by atoms with Gasteiger partial charge in [0.1, 0.15) is 11.5 Å². The van der Waals surface area contributed by atoms with Gasteiger partial charge in [-0.2, -0.15) is 8.78 Å². The van der Waals surface area contributed by atoms with Crippen molar-refractivity contribution in [3.8, 4) is 11.4 Å². The summed E-state index contributed by atoms with van der Waals surface area (Å²) < 4.78 is 45.8. The number of fused-ring (bicyclic) bond motifs is 3. The molecule has 0 amide bonds. The number of pyridine rings is 1. The van der Waals surface area contributed by atoms with E-state index in [0.29, 0.717) is 5.56 Å². The zero-order chi connectivity index (χ0) is 20.8. The molecule has 7 nitrogen and oxygen atoms in total. The van der Waals surface area contributed by atoms with Crippen molar-refractivity contribution in [2.24, 2.45) is 0 Å². The van der Waals surface area contributed by atoms with Crippen LogP contribution in [0.3, 0.4) is 0 Å². The number of halogens is 3. The van der Waals surface area contributed by atoms with E-state index in [1.54, 1.807) is 13.0 Å². The summed E-state index contributed by atoms with van der Waals surface area (Å²) in [6, 6.07) is 5.61. The van der Waals surface area contributed by atoms with Gasteiger partial charge >= 0.3 is 5.92 Å². The molecule has 2 aromatic heterocycles. The molecule has 3 heterocycles. The van der Waals surface area contributed by atoms with Crippen LogP contribution in [0.4, 0.5) is 13.2 Å². The van der Waals surface area contributed by atoms with Crippen LogP contribution in [0.15, 0.2) is 42.6 Å². The summed E-state index contributed by atoms with van der Waals surface area (Å²) in [4.78, 5) is 3.80. The summed E-state index contributed by atoms with van der Waals surface area (Å²) in [6.45, 7) is 0.922. The predicted octanol–water partition coefficient (Wildman–Crippen LogP) is 2.26. The van der Waals surface area contributed by atoms with E-state index in [1.165, 1.54) is 18.3 Å². The van der Waals surface area contributed by atoms with Crippen LogP contribution in [0.1, 0.15) is 23.7 Å². The third kappa shape index (κ3) is 3.10. The topological polar surface area (TPSA) is 97.0 Å². The van der Waals surface area contributed by atoms with Gasteiger partial charge in [0.25, 0.3) is 0 Å². The third-order valence-electron chi connectivity index (χ3n) is 4.77. The summed E-state index contributed by atoms with van der Waals surface area (Å²) in [7, 11) is 0. The monoisotopic (exact) mass is 403 g/mol. The highest BCUT2D eigenvalue weighted by Gasteiger charge is 2.59. The molecule has 0 saturated heterocycles. The van der Waals surface area contributed by atoms with Crippen LogP contribution in [0.2, 0.25) is 0 Å². The SMILES string of the molecule is CC(O)/C=C/c1ccc(C(F)(F)C2(O)Cn3nnnc3-c3cc(F)ccc32)nc1. The van der Waals surface area contributed by atoms with E-state index in [9.17, 15) is 14.6 Å². The number of alkyl halides is 2. The Balaban J connectivity index is 1.79. The van der Waals surface area contributed by atoms with E-state index in [1.807, 2.05) is 0 Å². The van der Waals surface area contributed by atoms with Crippen molar-refractivity contribution in [3.05, 3.63) is 65.2 Å². The van der Waals surface area contributed by atoms with Crippen molar-refractivity contribution in [2.75, 3.05) is 0 Å². The molecule has 3 aromatic rings. The first-order valence-electron chi connectivity index (χ1n) is 8.72. The highest BCUT2D eigenvalue weighted by atomic mass is 19.3. The van der Waals surface area contributed by atoms with E-state index in [-0.39, 0.29) is 17.0 Å². The first kappa shape index (κ1) is 19.2. The van der Waals surface area contributed by atoms with E-state index in [2.05, 4.69) is 20.5 Å². The molecule has 2 unspecified atom stereocenters. The minimum atomic E-state index is -3.84. The molecule has 2 N–H and O–H groups in total. The van der Waals surface area contributed by atoms with Crippen molar-refractivity contribution in [3.63, 3.8) is 0 Å². The van der Waals surface area contributed by atoms with Crippen molar-refractivity contribution < 1.29 is 23.4 Å². The van der Waals surface area contributed by atoms with Gasteiger partial charge in [0.2, 0.25) is 0 Å². The normalized spacial score (nSPS) is 19.8. The van der Waals surface area contributed by atoms with Crippen LogP contribution in [0.25, 0.3) is 17.5 Å². The van der Waals surface area contributed by atoms with Gasteiger partial charge in [0, 0.05) is 17.3 Å². The van der Waals surface area contributed by atoms with Crippen LogP contribution in [-0.4, -0.2) is 41.5 Å². The van der Waals surface area contributed by atoms with Crippen molar-refractivity contribution in [2.45, 2.75) is 31.1 Å². The smallest absolute Gasteiger partial charge is 0.323 e. The largest absolute Gasteiger partial charge is 0.389 e. The average molecular weight is 403 g/mol. The maximum Gasteiger partial charge on any atom is 0.323 e. The second-order valence-corrected chi connectivity index (χ2v) is 6.86. The Hall–Kier alpha value is -3.11. The van der Waals surface area contributed by atoms with E-state index in [0.717, 1.165) is 28.9 Å². The summed E-state index contributed by atoms with van der Waals surface area (Å²) in [5, 5.41) is 31.2. The van der Waals surface area contributed by atoms with Gasteiger partial charge in [-0.15, -0.1) is 5.10 Å². The number of aliphatic hydroxyl groups excluding tert-OH is 1. The summed E-state index contributed by atoms with van der Waals surface area (Å²) in [6.07, 6.45) is 3.54. The van der Waals surface area contributed by atoms with E-state index < -0.39 is 35.7 Å². The molecule has 0 aliphatic carbocycles. The van der Waals surface area contributed by atoms with Crippen LogP contribution >= 0.6 is 0 Å². The first-order valence-corrected chi connectivity index (χ1v) is 8.72. The van der Waals surface area contributed by atoms with Crippen LogP contribution in [-0.2, 0) is 18.1 Å². The number of hydrogen-bond donors (Lipinski definition) is 2. The summed E-state index contributed by atoms with van der Waals surface area (Å²) >= 11 is 0. The minimum Gasteiger partial charge on any atom is -0.389 e. The Kier molecular flexibility index (Phi) is 4.47. The summed E-state index contributed by atoms with van der Waals surface area (Å²) in [5.74, 6) is -4.42. The highest BCUT2D eigenvalue weighted by molar-refractivity contribution is 5.64. The molecule has 2 atom stereocenters. The lowest BCUT2D eigenvalue weighted by atomic mass is 9.80. The van der Waals surface area contributed by atoms with E-state index in [4.69, 9.17) is 0 Å². The molecule has 150 valence electrons. The Bertz CT molecular complexity index is 1080. The Labute approximate surface area is 163 Å². The molecule has 0 radical (unpaired) electrons. The highest BCUT2D eigenvalue weighted by Crippen LogP contribution is 2.50. The zero-order valence-corrected chi connectivity index (χ0v) is 15.2. The molecule has 0 saturated carbocycles. The van der Waals surface area contributed by atoms with Gasteiger partial charge in [-0.05, 0) is 41.1 Å². The first-order chi connectivity index (χ1) is 13.7. The Morgan fingerprint density at radius 1 is 1.28 bits per heavy atom. The quantitative estimate of drug-likeness (QED) is 0.694. The minimum absolute atomic E-state index is 0.0140. The third-order valence-corrected chi connectivity index (χ3v) is 4.77. The van der Waals surface area contributed by atoms with Crippen LogP contribution < -0.4 is 0 Å². The standard InChI is InChI=1S/C19H16F3N5O2/c1-11(28)2-3-12-4-7-16(23-9-12)19(21,22)18(29)10-27-17(24-25-26-27)14-8-13(20)5-6-15(14)18/h2-9,11,28-29H,10H2,1H3/b3-2+. The molecule has 4 rings (SSSR count). The van der Waals surface area contributed by atoms with Gasteiger partial charge in [-0.1, -0.05) is 24.3 Å². The number of nitrogens with zero attached hydrogens (tertiary/aromatic N) is 5. The molecule has 0 spiro atoms. The Morgan fingerprint density at radius 2 is 2.07 bits per heavy atom.